The number of carbonyl (C=O) groups excluding carboxylic acids is 16. The van der Waals surface area contributed by atoms with Crippen LogP contribution in [0, 0.1) is 0 Å². The van der Waals surface area contributed by atoms with Crippen LogP contribution in [0.5, 0.6) is 0 Å². The molecule has 0 fully saturated rings. The Balaban J connectivity index is 2.45. The third-order valence-corrected chi connectivity index (χ3v) is 17.1. The standard InChI is InChI=1S/C62H99N25O20S3/c63-16-4-3-9-33(53(100)87-42(27-110)59(106)82-36(49(68)96)20-44(66)89)79-52(99)34(11-6-18-74-62(71)72)80-56(103)38(21-45(67)90)84-54(101)35(13-15-47(92)93)81-58(105)40(25-108)77-46(91)24-76-51(98)32(10-5-17-73-61(69)70)78-57(104)39(22-48(94)95)85-55(102)37(19-28-23-75-31-8-2-1-7-29(28)31)83-60(107)41(26-109)86-50(97)30(64)12-14-43(65)88/h1-2,7-8,23,30,32-42,75,108-110H,3-6,9-22,24-27,63-64H2,(H2,65,88)(H2,66,89)(H2,67,90)(H2,68,96)(H,76,98)(H,77,91)(H,78,104)(H,79,99)(H,80,103)(H,81,105)(H,82,106)(H,83,107)(H,84,101)(H,85,102)(H,86,97)(H,87,100)(H,92,93)(H,94,95)(H4,69,70,73)(H4,71,72,74)/p+4/t30-,32-,33-,34-,35-,36-,37-,38-,39-,40-,41-,42-/m0/s1. The molecule has 0 aliphatic carbocycles. The molecule has 0 aliphatic rings. The molecule has 1 aromatic heterocycles. The van der Waals surface area contributed by atoms with E-state index in [4.69, 9.17) is 45.9 Å². The van der Waals surface area contributed by atoms with E-state index >= 15 is 0 Å². The number of quaternary nitrogens is 2. The normalized spacial score (nSPS) is 14.2. The second kappa shape index (κ2) is 49.6. The number of fused-ring (bicyclic) bond motifs is 1. The number of aromatic nitrogens is 1. The number of aromatic amines is 1. The summed E-state index contributed by atoms with van der Waals surface area (Å²) in [5.74, 6) is -22.1. The van der Waals surface area contributed by atoms with Crippen molar-refractivity contribution in [2.75, 3.05) is 43.4 Å². The number of para-hydroxylation sites is 1. The third-order valence-electron chi connectivity index (χ3n) is 16.0. The topological polar surface area (TPSA) is 799 Å². The fourth-order valence-electron chi connectivity index (χ4n) is 10.2. The molecule has 0 aliphatic heterocycles. The number of carboxylic acid groups (broad SMARTS) is 2. The van der Waals surface area contributed by atoms with Gasteiger partial charge in [0.2, 0.25) is 88.6 Å². The largest absolute Gasteiger partial charge is 0.481 e. The first-order valence-corrected chi connectivity index (χ1v) is 36.2. The van der Waals surface area contributed by atoms with Crippen LogP contribution in [0.25, 0.3) is 10.9 Å². The van der Waals surface area contributed by atoms with Gasteiger partial charge >= 0.3 is 23.9 Å². The Kier molecular flexibility index (Phi) is 42.8. The number of carbonyl (C=O) groups is 18. The maximum absolute atomic E-state index is 14.4. The summed E-state index contributed by atoms with van der Waals surface area (Å²) in [5, 5.41) is 48.4. The van der Waals surface area contributed by atoms with Crippen molar-refractivity contribution in [1.29, 1.82) is 0 Å². The van der Waals surface area contributed by atoms with Gasteiger partial charge in [0.1, 0.15) is 66.5 Å². The molecule has 1 heterocycles. The van der Waals surface area contributed by atoms with Crippen molar-refractivity contribution < 1.29 is 118 Å². The van der Waals surface area contributed by atoms with Crippen LogP contribution in [0.2, 0.25) is 0 Å². The molecule has 0 saturated carbocycles. The van der Waals surface area contributed by atoms with E-state index in [1.807, 2.05) is 0 Å². The number of H-pyrrole nitrogens is 1. The van der Waals surface area contributed by atoms with E-state index in [9.17, 15) is 96.5 Å². The Hall–Kier alpha value is -11.3. The number of unbranched alkanes of at least 4 members (excludes halogenated alkanes) is 1. The molecule has 48 heteroatoms. The smallest absolute Gasteiger partial charge is 0.338 e. The van der Waals surface area contributed by atoms with Crippen molar-refractivity contribution in [2.24, 2.45) is 45.9 Å². The third kappa shape index (κ3) is 36.1. The zero-order valence-electron chi connectivity index (χ0n) is 60.0. The van der Waals surface area contributed by atoms with Crippen LogP contribution < -0.4 is 131 Å². The van der Waals surface area contributed by atoms with Crippen molar-refractivity contribution in [2.45, 2.75) is 169 Å². The summed E-state index contributed by atoms with van der Waals surface area (Å²) >= 11 is 12.4. The number of amides is 16. The molecule has 110 heavy (non-hydrogen) atoms. The zero-order valence-corrected chi connectivity index (χ0v) is 62.7. The lowest BCUT2D eigenvalue weighted by Crippen LogP contribution is -2.78. The molecule has 0 bridgehead atoms. The van der Waals surface area contributed by atoms with Gasteiger partial charge < -0.3 is 113 Å². The van der Waals surface area contributed by atoms with Gasteiger partial charge in [-0.05, 0) is 63.0 Å². The number of thiol groups is 3. The first-order chi connectivity index (χ1) is 51.8. The molecule has 16 amide bonds. The van der Waals surface area contributed by atoms with Crippen molar-refractivity contribution in [1.82, 2.24) is 68.8 Å². The summed E-state index contributed by atoms with van der Waals surface area (Å²) in [6.07, 6.45) is -3.35. The van der Waals surface area contributed by atoms with Crippen molar-refractivity contribution in [3.8, 4) is 0 Å². The minimum atomic E-state index is -1.99. The second-order valence-electron chi connectivity index (χ2n) is 24.9. The predicted octanol–water partition coefficient (Wildman–Crippen LogP) is -16.9. The fourth-order valence-corrected chi connectivity index (χ4v) is 11.0. The molecule has 610 valence electrons. The van der Waals surface area contributed by atoms with Gasteiger partial charge in [0.25, 0.3) is 5.91 Å². The highest BCUT2D eigenvalue weighted by Crippen LogP contribution is 2.20. The molecule has 0 saturated heterocycles. The van der Waals surface area contributed by atoms with Crippen LogP contribution in [0.4, 0.5) is 0 Å². The van der Waals surface area contributed by atoms with Crippen molar-refractivity contribution >= 4 is 167 Å². The van der Waals surface area contributed by atoms with Gasteiger partial charge in [-0.2, -0.15) is 37.9 Å². The van der Waals surface area contributed by atoms with Crippen LogP contribution in [-0.2, 0) is 92.7 Å². The molecular weight excluding hydrogens is 1510 g/mol. The van der Waals surface area contributed by atoms with Crippen molar-refractivity contribution in [3.05, 3.63) is 36.0 Å². The van der Waals surface area contributed by atoms with Gasteiger partial charge in [-0.1, -0.05) is 18.2 Å². The Morgan fingerprint density at radius 1 is 0.418 bits per heavy atom. The SMILES string of the molecule is NC(=O)CC[C@H]([NH3+])C(=O)N[C@@H](CS)C(=O)N[C@@H](Cc1c[nH]c2ccccc12)C(=O)N[C@@H](CC(=O)O)C(=O)N[C@@H](CCC[NH+]=C(N)N)C(=O)NCC(=O)N[C@@H](CS)C(=O)N[C@@H](CCC(=O)O)C(=O)N[C@@H](CC(N)=O)C(=O)N[C@@H](CCC[NH+]=C(N)N)C(=O)N[C@@H](CCCC[NH3+])C(=O)N[C@@H](CS)C(=O)N[C@@H](CC(N)=O)C(N)=O. The van der Waals surface area contributed by atoms with E-state index in [1.54, 1.807) is 24.3 Å². The first-order valence-electron chi connectivity index (χ1n) is 34.3. The molecular formula is C62H103N25O20S3+4. The van der Waals surface area contributed by atoms with E-state index in [-0.39, 0.29) is 94.3 Å². The molecule has 0 unspecified atom stereocenters. The zero-order chi connectivity index (χ0) is 82.9. The predicted molar refractivity (Wildman–Crippen MR) is 397 cm³/mol. The lowest BCUT2D eigenvalue weighted by Gasteiger charge is -2.27. The van der Waals surface area contributed by atoms with Crippen LogP contribution in [0.3, 0.4) is 0 Å². The number of hydrogen-bond acceptors (Lipinski definition) is 21. The molecule has 2 aromatic rings. The first kappa shape index (κ1) is 94.8. The Morgan fingerprint density at radius 2 is 0.809 bits per heavy atom. The highest BCUT2D eigenvalue weighted by molar-refractivity contribution is 7.80. The maximum atomic E-state index is 14.4. The number of benzene rings is 1. The molecule has 1 aromatic carbocycles. The average Bonchev–Trinajstić information content (AvgIpc) is 1.67. The lowest BCUT2D eigenvalue weighted by atomic mass is 10.0. The fraction of sp³-hybridized carbons (Fsp3) is 0.548. The van der Waals surface area contributed by atoms with E-state index in [2.05, 4.69) is 128 Å². The summed E-state index contributed by atoms with van der Waals surface area (Å²) in [7, 11) is 0. The highest BCUT2D eigenvalue weighted by atomic mass is 32.1. The summed E-state index contributed by atoms with van der Waals surface area (Å²) in [6, 6.07) is -12.6. The van der Waals surface area contributed by atoms with Crippen LogP contribution in [0.15, 0.2) is 30.5 Å². The van der Waals surface area contributed by atoms with Crippen molar-refractivity contribution in [3.63, 3.8) is 0 Å². The minimum absolute atomic E-state index is 0.00407. The maximum Gasteiger partial charge on any atom is 0.338 e. The highest BCUT2D eigenvalue weighted by Gasteiger charge is 2.38. The summed E-state index contributed by atoms with van der Waals surface area (Å²) < 4.78 is 0. The number of aliphatic carboxylic acids is 2. The number of nitrogens with one attached hydrogen (secondary N) is 15. The van der Waals surface area contributed by atoms with Gasteiger partial charge in [0.05, 0.1) is 45.4 Å². The Bertz CT molecular complexity index is 3660. The molecule has 0 spiro atoms. The molecule has 12 atom stereocenters. The van der Waals surface area contributed by atoms with Gasteiger partial charge in [-0.25, -0.2) is 0 Å². The Morgan fingerprint density at radius 3 is 1.26 bits per heavy atom. The molecule has 39 N–H and O–H groups in total. The van der Waals surface area contributed by atoms with Crippen LogP contribution in [0.1, 0.15) is 95.5 Å². The average molecular weight is 1610 g/mol. The Labute approximate surface area is 645 Å². The van der Waals surface area contributed by atoms with E-state index in [0.29, 0.717) is 29.4 Å². The number of carboxylic acids is 2. The van der Waals surface area contributed by atoms with Gasteiger partial charge in [-0.3, -0.25) is 119 Å². The monoisotopic (exact) mass is 1610 g/mol. The van der Waals surface area contributed by atoms with E-state index in [0.717, 1.165) is 0 Å². The molecule has 0 radical (unpaired) electrons. The summed E-state index contributed by atoms with van der Waals surface area (Å²) in [4.78, 5) is 246. The van der Waals surface area contributed by atoms with Gasteiger partial charge in [0, 0.05) is 60.0 Å². The van der Waals surface area contributed by atoms with E-state index < -0.39 is 223 Å². The number of nitrogens with two attached hydrogens (primary N) is 8. The van der Waals surface area contributed by atoms with E-state index in [1.165, 1.54) is 6.20 Å². The second-order valence-corrected chi connectivity index (χ2v) is 26.0. The number of guanidine groups is 2. The van der Waals surface area contributed by atoms with Gasteiger partial charge in [0.15, 0.2) is 6.04 Å². The van der Waals surface area contributed by atoms with Crippen LogP contribution >= 0.6 is 37.9 Å². The lowest BCUT2D eigenvalue weighted by molar-refractivity contribution is -0.460. The molecule has 2 rings (SSSR count). The number of hydrogen-bond donors (Lipinski definition) is 30. The summed E-state index contributed by atoms with van der Waals surface area (Å²) in [6.45, 7) is -0.613. The minimum Gasteiger partial charge on any atom is -0.481 e. The summed E-state index contributed by atoms with van der Waals surface area (Å²) in [5.41, 5.74) is 51.9. The molecule has 45 nitrogen and oxygen atoms in total. The van der Waals surface area contributed by atoms with Gasteiger partial charge in [-0.15, -0.1) is 0 Å². The quantitative estimate of drug-likeness (QED) is 0.0127. The number of rotatable bonds is 54. The van der Waals surface area contributed by atoms with Crippen LogP contribution in [-0.4, -0.2) is 250 Å². The number of primary amides is 4.